The average Bonchev–Trinajstić information content (AvgIpc) is 2.78. The molecule has 2 unspecified atom stereocenters. The molecule has 18 heavy (non-hydrogen) atoms. The zero-order valence-electron chi connectivity index (χ0n) is 12.1. The summed E-state index contributed by atoms with van der Waals surface area (Å²) in [6.07, 6.45) is 12.2. The second-order valence-electron chi connectivity index (χ2n) is 6.09. The number of methoxy groups -OCH3 is 1. The molecule has 0 spiro atoms. The number of rotatable bonds is 6. The molecule has 2 rings (SSSR count). The molecule has 1 saturated carbocycles. The molecule has 1 N–H and O–H groups in total. The van der Waals surface area contributed by atoms with Crippen molar-refractivity contribution in [3.8, 4) is 0 Å². The number of hydrogen-bond acceptors (Lipinski definition) is 2. The van der Waals surface area contributed by atoms with Crippen molar-refractivity contribution < 1.29 is 4.74 Å². The van der Waals surface area contributed by atoms with Crippen molar-refractivity contribution in [2.45, 2.75) is 51.9 Å². The van der Waals surface area contributed by atoms with Crippen LogP contribution in [0.25, 0.3) is 0 Å². The van der Waals surface area contributed by atoms with Crippen LogP contribution < -0.4 is 5.32 Å². The van der Waals surface area contributed by atoms with Gasteiger partial charge in [-0.05, 0) is 44.4 Å². The zero-order valence-corrected chi connectivity index (χ0v) is 12.1. The highest BCUT2D eigenvalue weighted by molar-refractivity contribution is 5.21. The van der Waals surface area contributed by atoms with E-state index in [1.165, 1.54) is 44.9 Å². The Labute approximate surface area is 112 Å². The fraction of sp³-hybridized carbons (Fsp3) is 0.875. The van der Waals surface area contributed by atoms with Gasteiger partial charge in [0.1, 0.15) is 0 Å². The monoisotopic (exact) mass is 251 g/mol. The van der Waals surface area contributed by atoms with E-state index in [2.05, 4.69) is 18.3 Å². The lowest BCUT2D eigenvalue weighted by molar-refractivity contribution is 0.186. The minimum Gasteiger partial charge on any atom is -0.383 e. The van der Waals surface area contributed by atoms with Gasteiger partial charge in [0.05, 0.1) is 6.61 Å². The van der Waals surface area contributed by atoms with Gasteiger partial charge in [0.15, 0.2) is 0 Å². The van der Waals surface area contributed by atoms with Crippen molar-refractivity contribution >= 4 is 0 Å². The van der Waals surface area contributed by atoms with Gasteiger partial charge in [0, 0.05) is 25.6 Å². The highest BCUT2D eigenvalue weighted by Gasteiger charge is 2.42. The summed E-state index contributed by atoms with van der Waals surface area (Å²) < 4.78 is 5.13. The Morgan fingerprint density at radius 3 is 2.89 bits per heavy atom. The summed E-state index contributed by atoms with van der Waals surface area (Å²) in [5.74, 6) is 0.844. The van der Waals surface area contributed by atoms with Crippen molar-refractivity contribution in [3.63, 3.8) is 0 Å². The van der Waals surface area contributed by atoms with Crippen molar-refractivity contribution in [1.82, 2.24) is 5.32 Å². The molecule has 0 aromatic carbocycles. The minimum absolute atomic E-state index is 0.466. The lowest BCUT2D eigenvalue weighted by atomic mass is 9.69. The molecule has 2 aliphatic carbocycles. The highest BCUT2D eigenvalue weighted by Crippen LogP contribution is 2.50. The minimum atomic E-state index is 0.466. The summed E-state index contributed by atoms with van der Waals surface area (Å²) in [5, 5.41) is 3.63. The lowest BCUT2D eigenvalue weighted by Gasteiger charge is -2.38. The van der Waals surface area contributed by atoms with Crippen LogP contribution in [0.1, 0.15) is 51.9 Å². The summed E-state index contributed by atoms with van der Waals surface area (Å²) >= 11 is 0. The fourth-order valence-corrected chi connectivity index (χ4v) is 3.88. The summed E-state index contributed by atoms with van der Waals surface area (Å²) in [7, 11) is 1.78. The molecule has 104 valence electrons. The quantitative estimate of drug-likeness (QED) is 0.576. The van der Waals surface area contributed by atoms with Crippen molar-refractivity contribution in [2.75, 3.05) is 26.8 Å². The Hall–Kier alpha value is -0.340. The van der Waals surface area contributed by atoms with E-state index in [1.807, 2.05) is 0 Å². The highest BCUT2D eigenvalue weighted by atomic mass is 16.5. The Morgan fingerprint density at radius 1 is 1.39 bits per heavy atom. The van der Waals surface area contributed by atoms with E-state index in [0.717, 1.165) is 25.6 Å². The SMILES string of the molecule is COCCNCC1(C2=CCCCC2)CCCC1C. The molecular formula is C16H29NO. The molecule has 2 atom stereocenters. The lowest BCUT2D eigenvalue weighted by Crippen LogP contribution is -2.39. The number of hydrogen-bond donors (Lipinski definition) is 1. The molecule has 2 heteroatoms. The van der Waals surface area contributed by atoms with Crippen LogP contribution in [0.2, 0.25) is 0 Å². The Balaban J connectivity index is 2.01. The van der Waals surface area contributed by atoms with Crippen molar-refractivity contribution in [2.24, 2.45) is 11.3 Å². The smallest absolute Gasteiger partial charge is 0.0587 e. The third-order valence-corrected chi connectivity index (χ3v) is 5.06. The molecule has 0 saturated heterocycles. The second kappa shape index (κ2) is 6.72. The van der Waals surface area contributed by atoms with Gasteiger partial charge in [-0.3, -0.25) is 0 Å². The van der Waals surface area contributed by atoms with E-state index in [9.17, 15) is 0 Å². The standard InChI is InChI=1S/C16H29NO/c1-14-7-6-10-16(14,13-17-11-12-18-2)15-8-4-3-5-9-15/h8,14,17H,3-7,9-13H2,1-2H3. The van der Waals surface area contributed by atoms with Gasteiger partial charge in [-0.25, -0.2) is 0 Å². The van der Waals surface area contributed by atoms with Crippen molar-refractivity contribution in [3.05, 3.63) is 11.6 Å². The molecule has 0 radical (unpaired) electrons. The molecule has 0 bridgehead atoms. The Bertz CT molecular complexity index is 287. The molecule has 2 aliphatic rings. The molecule has 2 nitrogen and oxygen atoms in total. The summed E-state index contributed by atoms with van der Waals surface area (Å²) in [5.41, 5.74) is 2.23. The van der Waals surface area contributed by atoms with Crippen LogP contribution in [-0.2, 0) is 4.74 Å². The number of allylic oxidation sites excluding steroid dienone is 1. The van der Waals surface area contributed by atoms with Crippen LogP contribution in [0, 0.1) is 11.3 Å². The van der Waals surface area contributed by atoms with Crippen LogP contribution in [-0.4, -0.2) is 26.8 Å². The van der Waals surface area contributed by atoms with Gasteiger partial charge in [0.2, 0.25) is 0 Å². The third-order valence-electron chi connectivity index (χ3n) is 5.06. The molecule has 0 aromatic rings. The number of ether oxygens (including phenoxy) is 1. The first-order valence-corrected chi connectivity index (χ1v) is 7.69. The van der Waals surface area contributed by atoms with Crippen LogP contribution in [0.3, 0.4) is 0 Å². The molecule has 0 heterocycles. The van der Waals surface area contributed by atoms with E-state index in [1.54, 1.807) is 12.7 Å². The Morgan fingerprint density at radius 2 is 2.28 bits per heavy atom. The molecule has 1 fully saturated rings. The van der Waals surface area contributed by atoms with Gasteiger partial charge in [-0.1, -0.05) is 25.0 Å². The molecule has 0 aliphatic heterocycles. The predicted octanol–water partition coefficient (Wildman–Crippen LogP) is 3.53. The fourth-order valence-electron chi connectivity index (χ4n) is 3.88. The van der Waals surface area contributed by atoms with Gasteiger partial charge in [-0.15, -0.1) is 0 Å². The van der Waals surface area contributed by atoms with Crippen LogP contribution in [0.5, 0.6) is 0 Å². The van der Waals surface area contributed by atoms with Gasteiger partial charge < -0.3 is 10.1 Å². The normalized spacial score (nSPS) is 32.6. The molecule has 0 aromatic heterocycles. The van der Waals surface area contributed by atoms with E-state index in [4.69, 9.17) is 4.74 Å². The van der Waals surface area contributed by atoms with Crippen LogP contribution in [0.15, 0.2) is 11.6 Å². The van der Waals surface area contributed by atoms with Gasteiger partial charge >= 0.3 is 0 Å². The Kier molecular flexibility index (Phi) is 5.25. The average molecular weight is 251 g/mol. The first-order chi connectivity index (χ1) is 8.79. The summed E-state index contributed by atoms with van der Waals surface area (Å²) in [6.45, 7) is 5.42. The van der Waals surface area contributed by atoms with E-state index >= 15 is 0 Å². The first kappa shape index (κ1) is 14.1. The molecule has 0 amide bonds. The predicted molar refractivity (Wildman–Crippen MR) is 76.7 cm³/mol. The maximum atomic E-state index is 5.13. The van der Waals surface area contributed by atoms with Crippen molar-refractivity contribution in [1.29, 1.82) is 0 Å². The van der Waals surface area contributed by atoms with E-state index < -0.39 is 0 Å². The van der Waals surface area contributed by atoms with E-state index in [0.29, 0.717) is 5.41 Å². The van der Waals surface area contributed by atoms with Crippen LogP contribution >= 0.6 is 0 Å². The van der Waals surface area contributed by atoms with Crippen LogP contribution in [0.4, 0.5) is 0 Å². The summed E-state index contributed by atoms with van der Waals surface area (Å²) in [4.78, 5) is 0. The molecular weight excluding hydrogens is 222 g/mol. The van der Waals surface area contributed by atoms with E-state index in [-0.39, 0.29) is 0 Å². The zero-order chi connectivity index (χ0) is 12.8. The second-order valence-corrected chi connectivity index (χ2v) is 6.09. The largest absolute Gasteiger partial charge is 0.383 e. The van der Waals surface area contributed by atoms with Gasteiger partial charge in [0.25, 0.3) is 0 Å². The number of nitrogens with one attached hydrogen (secondary N) is 1. The van der Waals surface area contributed by atoms with Gasteiger partial charge in [-0.2, -0.15) is 0 Å². The first-order valence-electron chi connectivity index (χ1n) is 7.69. The maximum Gasteiger partial charge on any atom is 0.0587 e. The summed E-state index contributed by atoms with van der Waals surface area (Å²) in [6, 6.07) is 0. The topological polar surface area (TPSA) is 21.3 Å². The third kappa shape index (κ3) is 2.97. The maximum absolute atomic E-state index is 5.13.